The Morgan fingerprint density at radius 3 is 2.67 bits per heavy atom. The molecule has 1 rings (SSSR count). The zero-order chi connectivity index (χ0) is 15.9. The van der Waals surface area contributed by atoms with Crippen molar-refractivity contribution in [2.45, 2.75) is 19.0 Å². The van der Waals surface area contributed by atoms with E-state index in [4.69, 9.17) is 17.3 Å². The summed E-state index contributed by atoms with van der Waals surface area (Å²) in [5.74, 6) is -0.0709. The minimum Gasteiger partial charge on any atom is -0.368 e. The first kappa shape index (κ1) is 17.5. The first-order chi connectivity index (χ1) is 9.84. The number of carbonyl (C=O) groups excluding carboxylic acids is 1. The molecule has 0 atom stereocenters. The second-order valence-electron chi connectivity index (χ2n) is 4.22. The minimum absolute atomic E-state index is 0.111. The van der Waals surface area contributed by atoms with Crippen LogP contribution in [0.3, 0.4) is 0 Å². The van der Waals surface area contributed by atoms with E-state index < -0.39 is 11.7 Å². The molecular formula is C12H16ClF3N4O. The van der Waals surface area contributed by atoms with E-state index >= 15 is 0 Å². The van der Waals surface area contributed by atoms with Crippen LogP contribution in [-0.4, -0.2) is 30.5 Å². The number of alkyl halides is 3. The number of rotatable bonds is 7. The molecule has 1 heterocycles. The molecular weight excluding hydrogens is 309 g/mol. The molecule has 0 radical (unpaired) electrons. The molecule has 0 aliphatic heterocycles. The summed E-state index contributed by atoms with van der Waals surface area (Å²) < 4.78 is 37.3. The molecule has 118 valence electrons. The van der Waals surface area contributed by atoms with E-state index in [0.717, 1.165) is 6.07 Å². The van der Waals surface area contributed by atoms with Crippen LogP contribution in [0.15, 0.2) is 12.3 Å². The van der Waals surface area contributed by atoms with E-state index in [1.165, 1.54) is 0 Å². The smallest absolute Gasteiger partial charge is 0.368 e. The average molecular weight is 325 g/mol. The fraction of sp³-hybridized carbons (Fsp3) is 0.500. The second-order valence-corrected chi connectivity index (χ2v) is 4.63. The Kier molecular flexibility index (Phi) is 6.70. The molecule has 0 aromatic carbocycles. The van der Waals surface area contributed by atoms with E-state index in [2.05, 4.69) is 15.6 Å². The van der Waals surface area contributed by atoms with Gasteiger partial charge < -0.3 is 16.4 Å². The number of anilines is 1. The molecule has 1 amide bonds. The highest BCUT2D eigenvalue weighted by Gasteiger charge is 2.31. The minimum atomic E-state index is -4.49. The number of nitrogens with zero attached hydrogens (tertiary/aromatic N) is 1. The van der Waals surface area contributed by atoms with Crippen molar-refractivity contribution in [3.05, 3.63) is 22.8 Å². The summed E-state index contributed by atoms with van der Waals surface area (Å²) in [7, 11) is 0. The Hall–Kier alpha value is -1.54. The molecule has 1 aromatic rings. The standard InChI is InChI=1S/C12H16ClF3N4O/c13-9-6-8(12(14,15)16)7-20-11(9)19-5-2-10(21)18-4-1-3-17/h6-7H,1-5,17H2,(H,18,21)(H,19,20). The molecule has 0 unspecified atom stereocenters. The van der Waals surface area contributed by atoms with E-state index in [-0.39, 0.29) is 29.7 Å². The Balaban J connectivity index is 2.44. The molecule has 0 saturated carbocycles. The monoisotopic (exact) mass is 324 g/mol. The van der Waals surface area contributed by atoms with Crippen molar-refractivity contribution in [2.24, 2.45) is 5.73 Å². The number of carbonyl (C=O) groups is 1. The van der Waals surface area contributed by atoms with Crippen LogP contribution in [0.25, 0.3) is 0 Å². The summed E-state index contributed by atoms with van der Waals surface area (Å²) in [6, 6.07) is 0.790. The lowest BCUT2D eigenvalue weighted by Crippen LogP contribution is -2.27. The molecule has 0 saturated heterocycles. The van der Waals surface area contributed by atoms with Crippen molar-refractivity contribution in [1.29, 1.82) is 0 Å². The van der Waals surface area contributed by atoms with Crippen LogP contribution in [0.5, 0.6) is 0 Å². The third kappa shape index (κ3) is 6.17. The zero-order valence-corrected chi connectivity index (χ0v) is 11.9. The highest BCUT2D eigenvalue weighted by atomic mass is 35.5. The second kappa shape index (κ2) is 8.04. The van der Waals surface area contributed by atoms with Gasteiger partial charge in [0.05, 0.1) is 10.6 Å². The quantitative estimate of drug-likeness (QED) is 0.670. The lowest BCUT2D eigenvalue weighted by Gasteiger charge is -2.10. The van der Waals surface area contributed by atoms with Gasteiger partial charge in [0.15, 0.2) is 0 Å². The van der Waals surface area contributed by atoms with Crippen molar-refractivity contribution in [3.8, 4) is 0 Å². The number of hydrogen-bond donors (Lipinski definition) is 3. The number of hydrogen-bond acceptors (Lipinski definition) is 4. The Labute approximate surface area is 125 Å². The van der Waals surface area contributed by atoms with Gasteiger partial charge in [0, 0.05) is 25.7 Å². The molecule has 4 N–H and O–H groups in total. The summed E-state index contributed by atoms with van der Waals surface area (Å²) >= 11 is 5.71. The molecule has 9 heteroatoms. The van der Waals surface area contributed by atoms with Crippen LogP contribution in [0.4, 0.5) is 19.0 Å². The van der Waals surface area contributed by atoms with Gasteiger partial charge in [0.2, 0.25) is 5.91 Å². The Bertz CT molecular complexity index is 482. The summed E-state index contributed by atoms with van der Waals surface area (Å²) in [4.78, 5) is 15.0. The van der Waals surface area contributed by atoms with Crippen molar-refractivity contribution in [1.82, 2.24) is 10.3 Å². The summed E-state index contributed by atoms with van der Waals surface area (Å²) in [6.07, 6.45) is -2.96. The predicted octanol–water partition coefficient (Wildman–Crippen LogP) is 2.02. The SMILES string of the molecule is NCCCNC(=O)CCNc1ncc(C(F)(F)F)cc1Cl. The summed E-state index contributed by atoms with van der Waals surface area (Å²) in [5, 5.41) is 5.22. The number of pyridine rings is 1. The Morgan fingerprint density at radius 1 is 1.38 bits per heavy atom. The van der Waals surface area contributed by atoms with Crippen LogP contribution in [0, 0.1) is 0 Å². The van der Waals surface area contributed by atoms with Crippen molar-refractivity contribution < 1.29 is 18.0 Å². The van der Waals surface area contributed by atoms with Gasteiger partial charge in [0.1, 0.15) is 5.82 Å². The first-order valence-corrected chi connectivity index (χ1v) is 6.65. The van der Waals surface area contributed by atoms with Gasteiger partial charge in [-0.25, -0.2) is 4.98 Å². The van der Waals surface area contributed by atoms with Gasteiger partial charge in [-0.15, -0.1) is 0 Å². The maximum Gasteiger partial charge on any atom is 0.417 e. The normalized spacial score (nSPS) is 11.3. The van der Waals surface area contributed by atoms with Crippen molar-refractivity contribution in [3.63, 3.8) is 0 Å². The van der Waals surface area contributed by atoms with Gasteiger partial charge in [-0.05, 0) is 19.0 Å². The molecule has 0 fully saturated rings. The van der Waals surface area contributed by atoms with Gasteiger partial charge in [-0.1, -0.05) is 11.6 Å². The summed E-state index contributed by atoms with van der Waals surface area (Å²) in [6.45, 7) is 1.20. The largest absolute Gasteiger partial charge is 0.417 e. The third-order valence-corrected chi connectivity index (χ3v) is 2.80. The number of amides is 1. The van der Waals surface area contributed by atoms with E-state index in [1.54, 1.807) is 0 Å². The van der Waals surface area contributed by atoms with E-state index in [0.29, 0.717) is 25.7 Å². The highest BCUT2D eigenvalue weighted by Crippen LogP contribution is 2.32. The number of halogens is 4. The average Bonchev–Trinajstić information content (AvgIpc) is 2.39. The van der Waals surface area contributed by atoms with Gasteiger partial charge in [0.25, 0.3) is 0 Å². The van der Waals surface area contributed by atoms with E-state index in [9.17, 15) is 18.0 Å². The van der Waals surface area contributed by atoms with Crippen molar-refractivity contribution in [2.75, 3.05) is 25.0 Å². The number of nitrogens with two attached hydrogens (primary N) is 1. The first-order valence-electron chi connectivity index (χ1n) is 6.28. The van der Waals surface area contributed by atoms with Crippen LogP contribution in [0.2, 0.25) is 5.02 Å². The molecule has 1 aromatic heterocycles. The van der Waals surface area contributed by atoms with Gasteiger partial charge in [-0.3, -0.25) is 4.79 Å². The highest BCUT2D eigenvalue weighted by molar-refractivity contribution is 6.32. The van der Waals surface area contributed by atoms with E-state index in [1.807, 2.05) is 0 Å². The zero-order valence-electron chi connectivity index (χ0n) is 11.1. The summed E-state index contributed by atoms with van der Waals surface area (Å²) in [5.41, 5.74) is 4.36. The Morgan fingerprint density at radius 2 is 2.10 bits per heavy atom. The lowest BCUT2D eigenvalue weighted by atomic mass is 10.2. The van der Waals surface area contributed by atoms with Gasteiger partial charge in [-0.2, -0.15) is 13.2 Å². The van der Waals surface area contributed by atoms with Gasteiger partial charge >= 0.3 is 6.18 Å². The lowest BCUT2D eigenvalue weighted by molar-refractivity contribution is -0.137. The molecule has 0 aliphatic carbocycles. The fourth-order valence-corrected chi connectivity index (χ4v) is 1.67. The molecule has 0 bridgehead atoms. The van der Waals surface area contributed by atoms with Crippen LogP contribution in [0.1, 0.15) is 18.4 Å². The van der Waals surface area contributed by atoms with Crippen LogP contribution < -0.4 is 16.4 Å². The van der Waals surface area contributed by atoms with Crippen molar-refractivity contribution >= 4 is 23.3 Å². The maximum absolute atomic E-state index is 12.4. The van der Waals surface area contributed by atoms with Crippen LogP contribution in [-0.2, 0) is 11.0 Å². The molecule has 21 heavy (non-hydrogen) atoms. The third-order valence-electron chi connectivity index (χ3n) is 2.52. The molecule has 0 spiro atoms. The molecule has 5 nitrogen and oxygen atoms in total. The predicted molar refractivity (Wildman–Crippen MR) is 74.0 cm³/mol. The fourth-order valence-electron chi connectivity index (χ4n) is 1.44. The number of nitrogens with one attached hydrogen (secondary N) is 2. The maximum atomic E-state index is 12.4. The van der Waals surface area contributed by atoms with Crippen LogP contribution >= 0.6 is 11.6 Å². The molecule has 0 aliphatic rings. The number of aromatic nitrogens is 1. The topological polar surface area (TPSA) is 80.0 Å².